The first kappa shape index (κ1) is 19.4. The highest BCUT2D eigenvalue weighted by atomic mass is 19.4. The molecule has 0 bridgehead atoms. The number of nitrogens with one attached hydrogen (secondary N) is 1. The van der Waals surface area contributed by atoms with Crippen molar-refractivity contribution in [3.05, 3.63) is 79.1 Å². The molecule has 8 heteroatoms. The zero-order valence-electron chi connectivity index (χ0n) is 15.5. The number of fused-ring (bicyclic) bond motifs is 1. The lowest BCUT2D eigenvalue weighted by Gasteiger charge is -2.14. The van der Waals surface area contributed by atoms with Gasteiger partial charge in [0.15, 0.2) is 5.82 Å². The van der Waals surface area contributed by atoms with Crippen molar-refractivity contribution in [2.45, 2.75) is 6.36 Å². The summed E-state index contributed by atoms with van der Waals surface area (Å²) >= 11 is 0. The maximum absolute atomic E-state index is 12.6. The molecule has 0 aliphatic rings. The number of hydrogen-bond acceptors (Lipinski definition) is 5. The Balaban J connectivity index is 1.82. The molecule has 0 unspecified atom stereocenters. The molecule has 0 aliphatic carbocycles. The molecule has 4 aromatic rings. The van der Waals surface area contributed by atoms with E-state index in [1.54, 1.807) is 30.6 Å². The number of pyridine rings is 1. The number of benzene rings is 2. The van der Waals surface area contributed by atoms with Crippen LogP contribution in [-0.2, 0) is 0 Å². The summed E-state index contributed by atoms with van der Waals surface area (Å²) < 4.78 is 41.7. The van der Waals surface area contributed by atoms with E-state index in [-0.39, 0.29) is 5.75 Å². The number of halogens is 3. The van der Waals surface area contributed by atoms with Crippen LogP contribution in [0.3, 0.4) is 0 Å². The van der Waals surface area contributed by atoms with Crippen LogP contribution in [-0.4, -0.2) is 21.3 Å². The molecule has 0 radical (unpaired) electrons. The third-order valence-corrected chi connectivity index (χ3v) is 4.23. The number of para-hydroxylation sites is 1. The highest BCUT2D eigenvalue weighted by Crippen LogP contribution is 2.31. The lowest BCUT2D eigenvalue weighted by Crippen LogP contribution is -2.17. The second-order valence-electron chi connectivity index (χ2n) is 6.29. The Morgan fingerprint density at radius 3 is 2.57 bits per heavy atom. The number of aromatic nitrogens is 3. The van der Waals surface area contributed by atoms with Gasteiger partial charge in [0, 0.05) is 40.7 Å². The predicted octanol–water partition coefficient (Wildman–Crippen LogP) is 5.98. The number of rotatable bonds is 5. The lowest BCUT2D eigenvalue weighted by molar-refractivity contribution is -0.274. The van der Waals surface area contributed by atoms with E-state index in [0.717, 1.165) is 5.56 Å². The monoisotopic (exact) mass is 408 g/mol. The van der Waals surface area contributed by atoms with Crippen molar-refractivity contribution in [2.75, 3.05) is 5.32 Å². The molecule has 150 valence electrons. The normalized spacial score (nSPS) is 11.3. The highest BCUT2D eigenvalue weighted by Gasteiger charge is 2.31. The van der Waals surface area contributed by atoms with Crippen LogP contribution in [0.15, 0.2) is 73.6 Å². The van der Waals surface area contributed by atoms with Gasteiger partial charge in [-0.15, -0.1) is 13.2 Å². The van der Waals surface area contributed by atoms with E-state index < -0.39 is 6.36 Å². The molecule has 2 aromatic carbocycles. The Bertz CT molecular complexity index is 1210. The minimum absolute atomic E-state index is 0.329. The van der Waals surface area contributed by atoms with Crippen LogP contribution < -0.4 is 10.1 Å². The SMILES string of the molecule is C=Cc1cccc2c(Nc3cccc(OC(F)(F)F)c3)nc(-c3cccnc3)nc12. The first-order chi connectivity index (χ1) is 14.4. The summed E-state index contributed by atoms with van der Waals surface area (Å²) in [6, 6.07) is 14.7. The van der Waals surface area contributed by atoms with E-state index in [4.69, 9.17) is 0 Å². The molecule has 30 heavy (non-hydrogen) atoms. The van der Waals surface area contributed by atoms with Crippen molar-refractivity contribution in [1.82, 2.24) is 15.0 Å². The third kappa shape index (κ3) is 4.22. The van der Waals surface area contributed by atoms with Crippen molar-refractivity contribution < 1.29 is 17.9 Å². The Morgan fingerprint density at radius 2 is 1.83 bits per heavy atom. The summed E-state index contributed by atoms with van der Waals surface area (Å²) in [4.78, 5) is 13.3. The van der Waals surface area contributed by atoms with Crippen molar-refractivity contribution in [1.29, 1.82) is 0 Å². The molecule has 2 aromatic heterocycles. The molecule has 4 rings (SSSR count). The molecule has 0 fully saturated rings. The van der Waals surface area contributed by atoms with Crippen LogP contribution in [0.4, 0.5) is 24.7 Å². The topological polar surface area (TPSA) is 59.9 Å². The van der Waals surface area contributed by atoms with Gasteiger partial charge in [0.1, 0.15) is 11.6 Å². The van der Waals surface area contributed by atoms with Gasteiger partial charge in [-0.05, 0) is 30.3 Å². The van der Waals surface area contributed by atoms with E-state index in [9.17, 15) is 13.2 Å². The van der Waals surface area contributed by atoms with E-state index in [1.165, 1.54) is 18.2 Å². The quantitative estimate of drug-likeness (QED) is 0.440. The van der Waals surface area contributed by atoms with E-state index in [2.05, 4.69) is 31.6 Å². The van der Waals surface area contributed by atoms with Gasteiger partial charge in [0.2, 0.25) is 0 Å². The second-order valence-corrected chi connectivity index (χ2v) is 6.29. The van der Waals surface area contributed by atoms with Crippen LogP contribution in [0.25, 0.3) is 28.4 Å². The van der Waals surface area contributed by atoms with Gasteiger partial charge in [-0.2, -0.15) is 0 Å². The van der Waals surface area contributed by atoms with Crippen LogP contribution in [0, 0.1) is 0 Å². The fraction of sp³-hybridized carbons (Fsp3) is 0.0455. The Morgan fingerprint density at radius 1 is 1.00 bits per heavy atom. The summed E-state index contributed by atoms with van der Waals surface area (Å²) in [7, 11) is 0. The fourth-order valence-corrected chi connectivity index (χ4v) is 2.97. The fourth-order valence-electron chi connectivity index (χ4n) is 2.97. The molecule has 2 heterocycles. The van der Waals surface area contributed by atoms with Gasteiger partial charge < -0.3 is 10.1 Å². The molecular weight excluding hydrogens is 393 g/mol. The van der Waals surface area contributed by atoms with Crippen LogP contribution >= 0.6 is 0 Å². The highest BCUT2D eigenvalue weighted by molar-refractivity contribution is 5.96. The average Bonchev–Trinajstić information content (AvgIpc) is 2.73. The van der Waals surface area contributed by atoms with Gasteiger partial charge in [-0.3, -0.25) is 4.98 Å². The van der Waals surface area contributed by atoms with E-state index in [1.807, 2.05) is 24.3 Å². The summed E-state index contributed by atoms with van der Waals surface area (Å²) in [5.41, 5.74) is 2.55. The smallest absolute Gasteiger partial charge is 0.406 e. The Hall–Kier alpha value is -3.94. The molecule has 0 saturated heterocycles. The number of hydrogen-bond donors (Lipinski definition) is 1. The van der Waals surface area contributed by atoms with Crippen molar-refractivity contribution in [3.8, 4) is 17.1 Å². The molecule has 0 saturated carbocycles. The first-order valence-corrected chi connectivity index (χ1v) is 8.89. The minimum Gasteiger partial charge on any atom is -0.406 e. The predicted molar refractivity (Wildman–Crippen MR) is 109 cm³/mol. The summed E-state index contributed by atoms with van der Waals surface area (Å²) in [5, 5.41) is 3.78. The van der Waals surface area contributed by atoms with Crippen LogP contribution in [0.1, 0.15) is 5.56 Å². The van der Waals surface area contributed by atoms with E-state index in [0.29, 0.717) is 33.8 Å². The molecule has 1 N–H and O–H groups in total. The lowest BCUT2D eigenvalue weighted by atomic mass is 10.1. The second kappa shape index (κ2) is 7.82. The molecular formula is C22H15F3N4O. The maximum Gasteiger partial charge on any atom is 0.573 e. The molecule has 0 amide bonds. The number of ether oxygens (including phenoxy) is 1. The Kier molecular flexibility index (Phi) is 5.05. The van der Waals surface area contributed by atoms with Gasteiger partial charge in [0.05, 0.1) is 5.52 Å². The first-order valence-electron chi connectivity index (χ1n) is 8.89. The average molecular weight is 408 g/mol. The van der Waals surface area contributed by atoms with Crippen LogP contribution in [0.5, 0.6) is 5.75 Å². The van der Waals surface area contributed by atoms with Crippen molar-refractivity contribution >= 4 is 28.5 Å². The van der Waals surface area contributed by atoms with Gasteiger partial charge >= 0.3 is 6.36 Å². The number of nitrogens with zero attached hydrogens (tertiary/aromatic N) is 3. The van der Waals surface area contributed by atoms with Crippen molar-refractivity contribution in [3.63, 3.8) is 0 Å². The summed E-state index contributed by atoms with van der Waals surface area (Å²) in [6.07, 6.45) is 0.195. The largest absolute Gasteiger partial charge is 0.573 e. The molecule has 0 spiro atoms. The zero-order chi connectivity index (χ0) is 21.1. The number of anilines is 2. The third-order valence-electron chi connectivity index (χ3n) is 4.23. The van der Waals surface area contributed by atoms with Gasteiger partial charge in [-0.1, -0.05) is 30.9 Å². The number of alkyl halides is 3. The summed E-state index contributed by atoms with van der Waals surface area (Å²) in [6.45, 7) is 3.83. The zero-order valence-corrected chi connectivity index (χ0v) is 15.5. The van der Waals surface area contributed by atoms with Gasteiger partial charge in [-0.25, -0.2) is 9.97 Å². The van der Waals surface area contributed by atoms with Gasteiger partial charge in [0.25, 0.3) is 0 Å². The minimum atomic E-state index is -4.77. The van der Waals surface area contributed by atoms with Crippen molar-refractivity contribution in [2.24, 2.45) is 0 Å². The standard InChI is InChI=1S/C22H15F3N4O/c1-2-14-6-3-10-18-19(14)28-20(15-7-5-11-26-13-15)29-21(18)27-16-8-4-9-17(12-16)30-22(23,24)25/h2-13H,1H2,(H,27,28,29). The molecule has 0 aliphatic heterocycles. The molecule has 5 nitrogen and oxygen atoms in total. The molecule has 0 atom stereocenters. The Labute approximate surface area is 169 Å². The van der Waals surface area contributed by atoms with Crippen LogP contribution in [0.2, 0.25) is 0 Å². The maximum atomic E-state index is 12.6. The van der Waals surface area contributed by atoms with E-state index >= 15 is 0 Å². The summed E-state index contributed by atoms with van der Waals surface area (Å²) in [5.74, 6) is 0.534.